The Hall–Kier alpha value is -2.94. The van der Waals surface area contributed by atoms with Gasteiger partial charge in [-0.05, 0) is 25.1 Å². The van der Waals surface area contributed by atoms with Crippen molar-refractivity contribution in [2.45, 2.75) is 13.5 Å². The second-order valence-corrected chi connectivity index (χ2v) is 9.43. The van der Waals surface area contributed by atoms with Crippen LogP contribution in [0.15, 0.2) is 42.5 Å². The van der Waals surface area contributed by atoms with Crippen molar-refractivity contribution in [3.8, 4) is 17.0 Å². The molecule has 0 atom stereocenters. The number of piperazine rings is 1. The number of ether oxygens (including phenoxy) is 2. The Morgan fingerprint density at radius 2 is 1.82 bits per heavy atom. The molecule has 172 valence electrons. The summed E-state index contributed by atoms with van der Waals surface area (Å²) in [6.45, 7) is 6.09. The maximum atomic E-state index is 12.2. The largest absolute Gasteiger partial charge is 0.497 e. The van der Waals surface area contributed by atoms with Gasteiger partial charge >= 0.3 is 0 Å². The molecular weight excluding hydrogens is 436 g/mol. The van der Waals surface area contributed by atoms with Gasteiger partial charge in [-0.15, -0.1) is 0 Å². The quantitative estimate of drug-likeness (QED) is 0.434. The molecule has 8 heteroatoms. The Bertz CT molecular complexity index is 1290. The van der Waals surface area contributed by atoms with Gasteiger partial charge in [0, 0.05) is 45.4 Å². The molecule has 3 heterocycles. The van der Waals surface area contributed by atoms with Crippen LogP contribution in [0.25, 0.3) is 26.4 Å². The summed E-state index contributed by atoms with van der Waals surface area (Å²) in [4.78, 5) is 22.5. The first-order valence-corrected chi connectivity index (χ1v) is 11.9. The monoisotopic (exact) mass is 464 g/mol. The van der Waals surface area contributed by atoms with Gasteiger partial charge in [-0.3, -0.25) is 14.1 Å². The summed E-state index contributed by atoms with van der Waals surface area (Å²) in [6.07, 6.45) is 0. The molecule has 0 bridgehead atoms. The first-order chi connectivity index (χ1) is 16.1. The lowest BCUT2D eigenvalue weighted by Crippen LogP contribution is -2.49. The normalized spacial score (nSPS) is 14.9. The maximum absolute atomic E-state index is 12.2. The van der Waals surface area contributed by atoms with Crippen LogP contribution < -0.4 is 4.74 Å². The predicted molar refractivity (Wildman–Crippen MR) is 131 cm³/mol. The lowest BCUT2D eigenvalue weighted by atomic mass is 10.1. The van der Waals surface area contributed by atoms with E-state index in [0.717, 1.165) is 51.8 Å². The molecule has 0 N–H and O–H groups in total. The molecule has 1 saturated heterocycles. The molecule has 33 heavy (non-hydrogen) atoms. The molecular formula is C25H28N4O3S. The maximum Gasteiger partial charge on any atom is 0.248 e. The van der Waals surface area contributed by atoms with E-state index in [1.807, 2.05) is 11.0 Å². The van der Waals surface area contributed by atoms with Crippen LogP contribution in [0.5, 0.6) is 5.75 Å². The first kappa shape index (κ1) is 21.9. The van der Waals surface area contributed by atoms with E-state index in [4.69, 9.17) is 14.5 Å². The molecule has 0 aliphatic carbocycles. The van der Waals surface area contributed by atoms with Gasteiger partial charge in [0.2, 0.25) is 5.91 Å². The average Bonchev–Trinajstić information content (AvgIpc) is 3.36. The Balaban J connectivity index is 1.51. The number of hydrogen-bond donors (Lipinski definition) is 0. The highest BCUT2D eigenvalue weighted by molar-refractivity contribution is 7.23. The van der Waals surface area contributed by atoms with E-state index in [9.17, 15) is 4.79 Å². The number of aromatic nitrogens is 2. The summed E-state index contributed by atoms with van der Waals surface area (Å²) < 4.78 is 13.9. The fourth-order valence-electron chi connectivity index (χ4n) is 4.40. The van der Waals surface area contributed by atoms with Crippen LogP contribution in [0.4, 0.5) is 0 Å². The second kappa shape index (κ2) is 9.13. The molecule has 1 amide bonds. The summed E-state index contributed by atoms with van der Waals surface area (Å²) in [5.74, 6) is 0.908. The van der Waals surface area contributed by atoms with Crippen molar-refractivity contribution in [2.24, 2.45) is 0 Å². The highest BCUT2D eigenvalue weighted by atomic mass is 32.1. The molecule has 0 unspecified atom stereocenters. The minimum atomic E-state index is 0.0574. The fraction of sp³-hybridized carbons (Fsp3) is 0.360. The zero-order chi connectivity index (χ0) is 22.9. The van der Waals surface area contributed by atoms with Crippen LogP contribution in [0, 0.1) is 6.92 Å². The predicted octanol–water partition coefficient (Wildman–Crippen LogP) is 3.82. The Morgan fingerprint density at radius 1 is 1.06 bits per heavy atom. The Kier molecular flexibility index (Phi) is 6.05. The van der Waals surface area contributed by atoms with Gasteiger partial charge in [0.05, 0.1) is 28.7 Å². The van der Waals surface area contributed by atoms with Crippen molar-refractivity contribution in [3.05, 3.63) is 53.7 Å². The van der Waals surface area contributed by atoms with Gasteiger partial charge < -0.3 is 14.4 Å². The smallest absolute Gasteiger partial charge is 0.248 e. The number of amides is 1. The number of methoxy groups -OCH3 is 2. The van der Waals surface area contributed by atoms with Crippen LogP contribution in [-0.2, 0) is 16.1 Å². The molecule has 1 fully saturated rings. The van der Waals surface area contributed by atoms with Crippen LogP contribution in [-0.4, -0.2) is 72.1 Å². The van der Waals surface area contributed by atoms with Gasteiger partial charge in [-0.1, -0.05) is 41.2 Å². The third-order valence-electron chi connectivity index (χ3n) is 6.24. The number of thiazole rings is 1. The molecule has 2 aromatic heterocycles. The summed E-state index contributed by atoms with van der Waals surface area (Å²) in [5, 5.41) is 0. The third-order valence-corrected chi connectivity index (χ3v) is 7.25. The second-order valence-electron chi connectivity index (χ2n) is 8.42. The van der Waals surface area contributed by atoms with E-state index >= 15 is 0 Å². The minimum absolute atomic E-state index is 0.0574. The fourth-order valence-corrected chi connectivity index (χ4v) is 5.48. The zero-order valence-corrected chi connectivity index (χ0v) is 20.0. The van der Waals surface area contributed by atoms with Crippen molar-refractivity contribution in [3.63, 3.8) is 0 Å². The molecule has 7 nitrogen and oxygen atoms in total. The molecule has 5 rings (SSSR count). The molecule has 1 aliphatic heterocycles. The highest BCUT2D eigenvalue weighted by Crippen LogP contribution is 2.35. The number of rotatable bonds is 6. The molecule has 4 aromatic rings. The lowest BCUT2D eigenvalue weighted by Gasteiger charge is -2.34. The number of carbonyl (C=O) groups excluding carboxylic acids is 1. The summed E-state index contributed by atoms with van der Waals surface area (Å²) in [5.41, 5.74) is 5.71. The molecule has 2 aromatic carbocycles. The van der Waals surface area contributed by atoms with Crippen molar-refractivity contribution in [2.75, 3.05) is 47.0 Å². The van der Waals surface area contributed by atoms with Crippen molar-refractivity contribution < 1.29 is 14.3 Å². The van der Waals surface area contributed by atoms with E-state index in [0.29, 0.717) is 13.1 Å². The van der Waals surface area contributed by atoms with E-state index in [-0.39, 0.29) is 12.5 Å². The van der Waals surface area contributed by atoms with E-state index in [1.165, 1.54) is 11.3 Å². The zero-order valence-electron chi connectivity index (χ0n) is 19.2. The third kappa shape index (κ3) is 4.21. The molecule has 0 radical (unpaired) electrons. The number of carbonyl (C=O) groups is 1. The van der Waals surface area contributed by atoms with Crippen LogP contribution in [0.2, 0.25) is 0 Å². The topological polar surface area (TPSA) is 59.3 Å². The van der Waals surface area contributed by atoms with Crippen LogP contribution in [0.1, 0.15) is 11.3 Å². The van der Waals surface area contributed by atoms with Gasteiger partial charge in [-0.25, -0.2) is 4.98 Å². The van der Waals surface area contributed by atoms with Gasteiger partial charge in [0.1, 0.15) is 12.4 Å². The Morgan fingerprint density at radius 3 is 2.52 bits per heavy atom. The van der Waals surface area contributed by atoms with E-state index < -0.39 is 0 Å². The number of nitrogens with zero attached hydrogens (tertiary/aromatic N) is 4. The van der Waals surface area contributed by atoms with Crippen LogP contribution >= 0.6 is 11.3 Å². The van der Waals surface area contributed by atoms with E-state index in [1.54, 1.807) is 25.6 Å². The van der Waals surface area contributed by atoms with Crippen LogP contribution in [0.3, 0.4) is 0 Å². The minimum Gasteiger partial charge on any atom is -0.497 e. The average molecular weight is 465 g/mol. The van der Waals surface area contributed by atoms with Gasteiger partial charge in [0.15, 0.2) is 4.96 Å². The van der Waals surface area contributed by atoms with Crippen molar-refractivity contribution in [1.29, 1.82) is 0 Å². The molecule has 0 saturated carbocycles. The first-order valence-electron chi connectivity index (χ1n) is 11.1. The molecule has 1 aliphatic rings. The van der Waals surface area contributed by atoms with E-state index in [2.05, 4.69) is 52.6 Å². The molecule has 0 spiro atoms. The number of hydrogen-bond acceptors (Lipinski definition) is 6. The summed E-state index contributed by atoms with van der Waals surface area (Å²) in [6, 6.07) is 14.8. The standard InChI is InChI=1S/C25H28N4O3S/c1-17-4-6-18(7-5-17)24-21(15-27-10-12-28(13-11-27)23(30)16-31-2)29-20-9-8-19(32-3)14-22(20)33-25(29)26-24/h4-9,14H,10-13,15-16H2,1-3H3. The van der Waals surface area contributed by atoms with Crippen molar-refractivity contribution >= 4 is 32.4 Å². The number of benzene rings is 2. The summed E-state index contributed by atoms with van der Waals surface area (Å²) >= 11 is 1.68. The van der Waals surface area contributed by atoms with Gasteiger partial charge in [0.25, 0.3) is 0 Å². The summed E-state index contributed by atoms with van der Waals surface area (Å²) in [7, 11) is 3.25. The number of fused-ring (bicyclic) bond motifs is 3. The van der Waals surface area contributed by atoms with Gasteiger partial charge in [-0.2, -0.15) is 0 Å². The van der Waals surface area contributed by atoms with Crippen molar-refractivity contribution in [1.82, 2.24) is 19.2 Å². The SMILES string of the molecule is COCC(=O)N1CCN(Cc2c(-c3ccc(C)cc3)nc3sc4cc(OC)ccc4n23)CC1. The number of imidazole rings is 1. The highest BCUT2D eigenvalue weighted by Gasteiger charge is 2.25. The lowest BCUT2D eigenvalue weighted by molar-refractivity contribution is -0.136. The number of aryl methyl sites for hydroxylation is 1. The Labute approximate surface area is 197 Å².